The maximum atomic E-state index is 5.86. The van der Waals surface area contributed by atoms with Crippen molar-refractivity contribution in [2.75, 3.05) is 13.2 Å². The summed E-state index contributed by atoms with van der Waals surface area (Å²) in [6, 6.07) is 12.4. The summed E-state index contributed by atoms with van der Waals surface area (Å²) in [5.74, 6) is 0.562. The van der Waals surface area contributed by atoms with Crippen LogP contribution in [0.15, 0.2) is 47.1 Å². The van der Waals surface area contributed by atoms with Gasteiger partial charge in [-0.15, -0.1) is 0 Å². The van der Waals surface area contributed by atoms with Crippen molar-refractivity contribution in [3.8, 4) is 17.6 Å². The fraction of sp³-hybridized carbons (Fsp3) is 0.261. The third kappa shape index (κ3) is 2.85. The van der Waals surface area contributed by atoms with Crippen molar-refractivity contribution < 1.29 is 13.9 Å². The summed E-state index contributed by atoms with van der Waals surface area (Å²) in [5, 5.41) is 1.07. The van der Waals surface area contributed by atoms with Crippen molar-refractivity contribution in [2.24, 2.45) is 0 Å². The Morgan fingerprint density at radius 2 is 1.83 bits per heavy atom. The van der Waals surface area contributed by atoms with Crippen LogP contribution < -0.4 is 9.47 Å². The van der Waals surface area contributed by atoms with Crippen LogP contribution >= 0.6 is 0 Å². The van der Waals surface area contributed by atoms with Crippen LogP contribution in [-0.2, 0) is 6.42 Å². The predicted octanol–water partition coefficient (Wildman–Crippen LogP) is 5.07. The monoisotopic (exact) mass is 402 g/mol. The lowest BCUT2D eigenvalue weighted by Gasteiger charge is -2.10. The third-order valence-corrected chi connectivity index (χ3v) is 5.14. The zero-order valence-electron chi connectivity index (χ0n) is 17.2. The van der Waals surface area contributed by atoms with E-state index in [2.05, 4.69) is 44.6 Å². The van der Waals surface area contributed by atoms with Gasteiger partial charge in [0, 0.05) is 11.1 Å². The highest BCUT2D eigenvalue weighted by Gasteiger charge is 2.19. The Bertz CT molecular complexity index is 1370. The first-order valence-corrected chi connectivity index (χ1v) is 10.2. The van der Waals surface area contributed by atoms with E-state index in [0.29, 0.717) is 24.7 Å². The molecule has 5 rings (SSSR count). The number of nitrogens with zero attached hydrogens (tertiary/aromatic N) is 4. The lowest BCUT2D eigenvalue weighted by Crippen LogP contribution is -2.00. The van der Waals surface area contributed by atoms with Gasteiger partial charge in [-0.2, -0.15) is 9.97 Å². The number of aromatic nitrogens is 4. The summed E-state index contributed by atoms with van der Waals surface area (Å²) in [5.41, 5.74) is 6.34. The molecular weight excluding hydrogens is 380 g/mol. The van der Waals surface area contributed by atoms with Gasteiger partial charge in [0.15, 0.2) is 5.58 Å². The molecule has 0 aliphatic heterocycles. The van der Waals surface area contributed by atoms with Gasteiger partial charge in [0.2, 0.25) is 5.88 Å². The van der Waals surface area contributed by atoms with Crippen LogP contribution in [0.25, 0.3) is 38.7 Å². The molecule has 7 heteroatoms. The number of oxazole rings is 1. The average molecular weight is 402 g/mol. The maximum Gasteiger partial charge on any atom is 0.394 e. The number of fused-ring (bicyclic) bond motifs is 4. The largest absolute Gasteiger partial charge is 0.476 e. The number of benzene rings is 2. The molecule has 0 saturated heterocycles. The number of rotatable bonds is 6. The Morgan fingerprint density at radius 1 is 0.967 bits per heavy atom. The number of hydrogen-bond acceptors (Lipinski definition) is 6. The van der Waals surface area contributed by atoms with Gasteiger partial charge in [-0.05, 0) is 56.2 Å². The summed E-state index contributed by atoms with van der Waals surface area (Å²) in [4.78, 5) is 13.5. The second-order valence-corrected chi connectivity index (χ2v) is 6.91. The SMILES string of the molecule is CCOc1nc2cc(-n3c4ccc(CC)cc4c4ncnc(OCC)c43)ccc2o1. The molecule has 0 amide bonds. The smallest absolute Gasteiger partial charge is 0.394 e. The fourth-order valence-electron chi connectivity index (χ4n) is 3.80. The van der Waals surface area contributed by atoms with E-state index in [-0.39, 0.29) is 6.08 Å². The number of hydrogen-bond donors (Lipinski definition) is 0. The summed E-state index contributed by atoms with van der Waals surface area (Å²) in [6.45, 7) is 7.02. The molecule has 30 heavy (non-hydrogen) atoms. The molecule has 152 valence electrons. The molecule has 0 aliphatic carbocycles. The van der Waals surface area contributed by atoms with Crippen LogP contribution in [0.5, 0.6) is 12.0 Å². The Balaban J connectivity index is 1.83. The first-order valence-electron chi connectivity index (χ1n) is 10.2. The first-order chi connectivity index (χ1) is 14.7. The van der Waals surface area contributed by atoms with E-state index in [1.165, 1.54) is 5.56 Å². The molecular formula is C23H22N4O3. The van der Waals surface area contributed by atoms with Crippen molar-refractivity contribution in [3.63, 3.8) is 0 Å². The second kappa shape index (κ2) is 7.33. The Hall–Kier alpha value is -3.61. The summed E-state index contributed by atoms with van der Waals surface area (Å²) in [6.07, 6.45) is 2.79. The molecule has 0 N–H and O–H groups in total. The molecule has 0 saturated carbocycles. The molecule has 0 bridgehead atoms. The summed E-state index contributed by atoms with van der Waals surface area (Å²) < 4.78 is 19.1. The van der Waals surface area contributed by atoms with E-state index >= 15 is 0 Å². The van der Waals surface area contributed by atoms with E-state index in [1.54, 1.807) is 6.33 Å². The topological polar surface area (TPSA) is 75.2 Å². The van der Waals surface area contributed by atoms with Gasteiger partial charge >= 0.3 is 6.08 Å². The number of aryl methyl sites for hydroxylation is 1. The molecule has 2 aromatic carbocycles. The molecule has 7 nitrogen and oxygen atoms in total. The number of ether oxygens (including phenoxy) is 2. The van der Waals surface area contributed by atoms with Crippen LogP contribution in [0.1, 0.15) is 26.3 Å². The second-order valence-electron chi connectivity index (χ2n) is 6.91. The quantitative estimate of drug-likeness (QED) is 0.394. The molecule has 0 radical (unpaired) electrons. The fourth-order valence-corrected chi connectivity index (χ4v) is 3.80. The van der Waals surface area contributed by atoms with Gasteiger partial charge in [-0.3, -0.25) is 0 Å². The van der Waals surface area contributed by atoms with E-state index in [1.807, 2.05) is 32.0 Å². The molecule has 0 fully saturated rings. The van der Waals surface area contributed by atoms with Gasteiger partial charge < -0.3 is 18.5 Å². The van der Waals surface area contributed by atoms with E-state index in [4.69, 9.17) is 13.9 Å². The molecule has 5 aromatic rings. The van der Waals surface area contributed by atoms with Gasteiger partial charge in [-0.1, -0.05) is 13.0 Å². The molecule has 3 heterocycles. The molecule has 0 spiro atoms. The standard InChI is InChI=1S/C23H22N4O3/c1-4-14-7-9-18-16(11-14)20-21(22(28-5-2)25-13-24-20)27(18)15-8-10-19-17(12-15)26-23(30-19)29-6-3/h7-13H,4-6H2,1-3H3. The van der Waals surface area contributed by atoms with Crippen LogP contribution in [-0.4, -0.2) is 32.7 Å². The molecule has 0 atom stereocenters. The van der Waals surface area contributed by atoms with Crippen LogP contribution in [0.2, 0.25) is 0 Å². The van der Waals surface area contributed by atoms with Crippen molar-refractivity contribution in [2.45, 2.75) is 27.2 Å². The first kappa shape index (κ1) is 18.4. The molecule has 3 aromatic heterocycles. The minimum Gasteiger partial charge on any atom is -0.476 e. The summed E-state index contributed by atoms with van der Waals surface area (Å²) in [7, 11) is 0. The van der Waals surface area contributed by atoms with Crippen molar-refractivity contribution in [3.05, 3.63) is 48.3 Å². The van der Waals surface area contributed by atoms with Gasteiger partial charge in [0.25, 0.3) is 0 Å². The highest BCUT2D eigenvalue weighted by Crippen LogP contribution is 2.36. The van der Waals surface area contributed by atoms with E-state index in [9.17, 15) is 0 Å². The van der Waals surface area contributed by atoms with Crippen molar-refractivity contribution in [1.82, 2.24) is 19.5 Å². The van der Waals surface area contributed by atoms with Crippen LogP contribution in [0, 0.1) is 0 Å². The van der Waals surface area contributed by atoms with Crippen LogP contribution in [0.3, 0.4) is 0 Å². The zero-order valence-corrected chi connectivity index (χ0v) is 17.2. The summed E-state index contributed by atoms with van der Waals surface area (Å²) >= 11 is 0. The highest BCUT2D eigenvalue weighted by molar-refractivity contribution is 6.08. The third-order valence-electron chi connectivity index (χ3n) is 5.14. The van der Waals surface area contributed by atoms with E-state index < -0.39 is 0 Å². The average Bonchev–Trinajstić information content (AvgIpc) is 3.32. The van der Waals surface area contributed by atoms with Gasteiger partial charge in [0.05, 0.1) is 18.7 Å². The van der Waals surface area contributed by atoms with Crippen molar-refractivity contribution in [1.29, 1.82) is 0 Å². The lowest BCUT2D eigenvalue weighted by atomic mass is 10.1. The predicted molar refractivity (Wildman–Crippen MR) is 116 cm³/mol. The molecule has 0 unspecified atom stereocenters. The normalized spacial score (nSPS) is 11.6. The Kier molecular flexibility index (Phi) is 4.50. The van der Waals surface area contributed by atoms with Gasteiger partial charge in [-0.25, -0.2) is 4.98 Å². The molecule has 0 aliphatic rings. The van der Waals surface area contributed by atoms with Gasteiger partial charge in [0.1, 0.15) is 22.9 Å². The minimum absolute atomic E-state index is 0.276. The highest BCUT2D eigenvalue weighted by atomic mass is 16.6. The van der Waals surface area contributed by atoms with E-state index in [0.717, 1.165) is 39.6 Å². The zero-order chi connectivity index (χ0) is 20.7. The Morgan fingerprint density at radius 3 is 2.63 bits per heavy atom. The Labute approximate surface area is 173 Å². The minimum atomic E-state index is 0.276. The maximum absolute atomic E-state index is 5.86. The van der Waals surface area contributed by atoms with Crippen LogP contribution in [0.4, 0.5) is 0 Å². The van der Waals surface area contributed by atoms with Crippen molar-refractivity contribution >= 4 is 33.0 Å². The lowest BCUT2D eigenvalue weighted by molar-refractivity contribution is 0.251.